The highest BCUT2D eigenvalue weighted by molar-refractivity contribution is 5.85. The molecule has 1 aromatic rings. The molecule has 0 radical (unpaired) electrons. The Morgan fingerprint density at radius 3 is 2.61 bits per heavy atom. The lowest BCUT2D eigenvalue weighted by molar-refractivity contribution is -0.135. The molecular formula is C22H35Cl2N3O. The third-order valence-electron chi connectivity index (χ3n) is 6.97. The Hall–Kier alpha value is -0.810. The lowest BCUT2D eigenvalue weighted by Crippen LogP contribution is -2.53. The van der Waals surface area contributed by atoms with E-state index < -0.39 is 0 Å². The molecule has 2 heterocycles. The van der Waals surface area contributed by atoms with Gasteiger partial charge in [0.05, 0.1) is 5.41 Å². The molecule has 3 fully saturated rings. The van der Waals surface area contributed by atoms with Crippen LogP contribution in [-0.4, -0.2) is 49.6 Å². The highest BCUT2D eigenvalue weighted by atomic mass is 35.5. The topological polar surface area (TPSA) is 44.4 Å². The van der Waals surface area contributed by atoms with E-state index in [9.17, 15) is 4.79 Å². The summed E-state index contributed by atoms with van der Waals surface area (Å²) in [5, 5.41) is 6.93. The fourth-order valence-electron chi connectivity index (χ4n) is 5.25. The fraction of sp³-hybridized carbons (Fsp3) is 0.682. The summed E-state index contributed by atoms with van der Waals surface area (Å²) in [5.74, 6) is 0.900. The van der Waals surface area contributed by atoms with Crippen LogP contribution in [0.1, 0.15) is 44.1 Å². The quantitative estimate of drug-likeness (QED) is 0.756. The number of halogens is 2. The molecule has 4 nitrogen and oxygen atoms in total. The van der Waals surface area contributed by atoms with Gasteiger partial charge < -0.3 is 15.5 Å². The van der Waals surface area contributed by atoms with Gasteiger partial charge in [-0.15, -0.1) is 24.8 Å². The second kappa shape index (κ2) is 10.8. The van der Waals surface area contributed by atoms with Crippen LogP contribution < -0.4 is 10.6 Å². The minimum atomic E-state index is -0.108. The minimum absolute atomic E-state index is 0. The number of benzene rings is 1. The summed E-state index contributed by atoms with van der Waals surface area (Å²) in [6.45, 7) is 5.25. The van der Waals surface area contributed by atoms with Gasteiger partial charge in [-0.25, -0.2) is 0 Å². The lowest BCUT2D eigenvalue weighted by atomic mass is 9.67. The van der Waals surface area contributed by atoms with Crippen LogP contribution >= 0.6 is 24.8 Å². The Kier molecular flexibility index (Phi) is 9.07. The second-order valence-corrected chi connectivity index (χ2v) is 8.55. The molecule has 3 aliphatic rings. The smallest absolute Gasteiger partial charge is 0.228 e. The molecular weight excluding hydrogens is 393 g/mol. The summed E-state index contributed by atoms with van der Waals surface area (Å²) in [6, 6.07) is 11.1. The molecule has 28 heavy (non-hydrogen) atoms. The van der Waals surface area contributed by atoms with Gasteiger partial charge >= 0.3 is 0 Å². The van der Waals surface area contributed by atoms with Crippen molar-refractivity contribution >= 4 is 30.7 Å². The predicted octanol–water partition coefficient (Wildman–Crippen LogP) is 3.43. The van der Waals surface area contributed by atoms with Crippen LogP contribution in [0.3, 0.4) is 0 Å². The Morgan fingerprint density at radius 2 is 1.86 bits per heavy atom. The molecule has 1 amide bonds. The molecule has 158 valence electrons. The van der Waals surface area contributed by atoms with Crippen molar-refractivity contribution in [2.24, 2.45) is 11.3 Å². The first-order valence-corrected chi connectivity index (χ1v) is 10.5. The monoisotopic (exact) mass is 427 g/mol. The number of hydrogen-bond acceptors (Lipinski definition) is 3. The minimum Gasteiger partial charge on any atom is -0.353 e. The van der Waals surface area contributed by atoms with E-state index in [-0.39, 0.29) is 30.2 Å². The van der Waals surface area contributed by atoms with Crippen molar-refractivity contribution in [3.05, 3.63) is 35.9 Å². The average Bonchev–Trinajstić information content (AvgIpc) is 3.14. The largest absolute Gasteiger partial charge is 0.353 e. The number of amides is 1. The van der Waals surface area contributed by atoms with Gasteiger partial charge in [0.2, 0.25) is 5.91 Å². The molecule has 0 bridgehead atoms. The van der Waals surface area contributed by atoms with Gasteiger partial charge in [-0.1, -0.05) is 43.2 Å². The van der Waals surface area contributed by atoms with Crippen LogP contribution in [0.4, 0.5) is 0 Å². The molecule has 1 aromatic carbocycles. The van der Waals surface area contributed by atoms with Gasteiger partial charge in [0.15, 0.2) is 0 Å². The van der Waals surface area contributed by atoms with Gasteiger partial charge in [0, 0.05) is 32.2 Å². The van der Waals surface area contributed by atoms with Crippen molar-refractivity contribution < 1.29 is 4.79 Å². The summed E-state index contributed by atoms with van der Waals surface area (Å²) in [5.41, 5.74) is 1.31. The highest BCUT2D eigenvalue weighted by Gasteiger charge is 2.50. The maximum Gasteiger partial charge on any atom is 0.228 e. The number of likely N-dealkylation sites (tertiary alicyclic amines) is 1. The fourth-order valence-corrected chi connectivity index (χ4v) is 5.25. The lowest BCUT2D eigenvalue weighted by Gasteiger charge is -2.39. The van der Waals surface area contributed by atoms with E-state index in [1.165, 1.54) is 24.8 Å². The zero-order valence-corrected chi connectivity index (χ0v) is 18.3. The SMILES string of the molecule is Cl.Cl.O=C(NC1CCN(CCc2ccccc2)CC1)[C@@]12CCCC[C@H]1CNC2. The summed E-state index contributed by atoms with van der Waals surface area (Å²) >= 11 is 0. The third kappa shape index (κ3) is 5.21. The third-order valence-corrected chi connectivity index (χ3v) is 6.97. The summed E-state index contributed by atoms with van der Waals surface area (Å²) in [6.07, 6.45) is 8.10. The normalized spacial score (nSPS) is 27.9. The molecule has 2 aliphatic heterocycles. The summed E-state index contributed by atoms with van der Waals surface area (Å²) in [7, 11) is 0. The molecule has 1 saturated carbocycles. The Labute approximate surface area is 182 Å². The van der Waals surface area contributed by atoms with Crippen molar-refractivity contribution in [2.75, 3.05) is 32.7 Å². The first kappa shape index (κ1) is 23.5. The number of fused-ring (bicyclic) bond motifs is 1. The Balaban J connectivity index is 0.00000140. The van der Waals surface area contributed by atoms with E-state index in [2.05, 4.69) is 45.9 Å². The van der Waals surface area contributed by atoms with Crippen molar-refractivity contribution in [2.45, 2.75) is 51.0 Å². The van der Waals surface area contributed by atoms with Crippen LogP contribution in [0, 0.1) is 11.3 Å². The van der Waals surface area contributed by atoms with E-state index in [1.807, 2.05) is 0 Å². The van der Waals surface area contributed by atoms with Crippen LogP contribution in [0.25, 0.3) is 0 Å². The number of rotatable bonds is 5. The second-order valence-electron chi connectivity index (χ2n) is 8.55. The molecule has 0 aromatic heterocycles. The van der Waals surface area contributed by atoms with Crippen molar-refractivity contribution in [3.63, 3.8) is 0 Å². The van der Waals surface area contributed by atoms with Crippen molar-refractivity contribution in [1.29, 1.82) is 0 Å². The molecule has 6 heteroatoms. The Bertz CT molecular complexity index is 607. The molecule has 2 N–H and O–H groups in total. The number of nitrogens with one attached hydrogen (secondary N) is 2. The van der Waals surface area contributed by atoms with Gasteiger partial charge in [0.25, 0.3) is 0 Å². The number of carbonyl (C=O) groups is 1. The van der Waals surface area contributed by atoms with Crippen molar-refractivity contribution in [3.8, 4) is 0 Å². The first-order chi connectivity index (χ1) is 12.8. The number of carbonyl (C=O) groups excluding carboxylic acids is 1. The van der Waals surface area contributed by atoms with Gasteiger partial charge in [-0.05, 0) is 50.1 Å². The predicted molar refractivity (Wildman–Crippen MR) is 120 cm³/mol. The van der Waals surface area contributed by atoms with E-state index in [4.69, 9.17) is 0 Å². The van der Waals surface area contributed by atoms with Crippen molar-refractivity contribution in [1.82, 2.24) is 15.5 Å². The van der Waals surface area contributed by atoms with Crippen LogP contribution in [-0.2, 0) is 11.2 Å². The zero-order valence-electron chi connectivity index (χ0n) is 16.7. The van der Waals surface area contributed by atoms with E-state index >= 15 is 0 Å². The highest BCUT2D eigenvalue weighted by Crippen LogP contribution is 2.44. The first-order valence-electron chi connectivity index (χ1n) is 10.5. The molecule has 0 unspecified atom stereocenters. The van der Waals surface area contributed by atoms with Crippen LogP contribution in [0.15, 0.2) is 30.3 Å². The molecule has 4 rings (SSSR count). The van der Waals surface area contributed by atoms with E-state index in [0.29, 0.717) is 17.9 Å². The van der Waals surface area contributed by atoms with Gasteiger partial charge in [0.1, 0.15) is 0 Å². The van der Waals surface area contributed by atoms with E-state index in [1.54, 1.807) is 0 Å². The van der Waals surface area contributed by atoms with Gasteiger partial charge in [-0.3, -0.25) is 4.79 Å². The maximum atomic E-state index is 13.1. The van der Waals surface area contributed by atoms with E-state index in [0.717, 1.165) is 58.4 Å². The van der Waals surface area contributed by atoms with Crippen LogP contribution in [0.5, 0.6) is 0 Å². The Morgan fingerprint density at radius 1 is 1.11 bits per heavy atom. The number of hydrogen-bond donors (Lipinski definition) is 2. The summed E-state index contributed by atoms with van der Waals surface area (Å²) in [4.78, 5) is 15.6. The molecule has 0 spiro atoms. The number of piperidine rings is 1. The number of nitrogens with zero attached hydrogens (tertiary/aromatic N) is 1. The average molecular weight is 428 g/mol. The maximum absolute atomic E-state index is 13.1. The van der Waals surface area contributed by atoms with Crippen LogP contribution in [0.2, 0.25) is 0 Å². The van der Waals surface area contributed by atoms with Gasteiger partial charge in [-0.2, -0.15) is 0 Å². The molecule has 2 saturated heterocycles. The standard InChI is InChI=1S/C22H33N3O.2ClH/c26-21(22-12-5-4-8-19(22)16-23-17-22)24-20-10-14-25(15-11-20)13-9-18-6-2-1-3-7-18;;/h1-3,6-7,19-20,23H,4-5,8-17H2,(H,24,26);2*1H/t19-,22+;;/m0../s1. The summed E-state index contributed by atoms with van der Waals surface area (Å²) < 4.78 is 0. The zero-order chi connectivity index (χ0) is 17.8. The molecule has 2 atom stereocenters. The molecule has 1 aliphatic carbocycles.